The standard InChI is InChI=1S/C26H50O3Si2/c1-9-16-17-18-23(28-30(10-2,11-3)12-4)19-20-24-22(8)25(27)21-26(24)29-31(13-5,14-6)15-7/h19-20,23-24,26H,8-18,21H2,1-7H3/t23-,24+,26+/m0/s1. The van der Waals surface area contributed by atoms with Crippen molar-refractivity contribution in [1.82, 2.24) is 0 Å². The van der Waals surface area contributed by atoms with E-state index >= 15 is 0 Å². The lowest BCUT2D eigenvalue weighted by Crippen LogP contribution is -2.41. The predicted molar refractivity (Wildman–Crippen MR) is 140 cm³/mol. The Kier molecular flexibility index (Phi) is 12.8. The van der Waals surface area contributed by atoms with Crippen molar-refractivity contribution in [2.75, 3.05) is 0 Å². The highest BCUT2D eigenvalue weighted by molar-refractivity contribution is 6.74. The van der Waals surface area contributed by atoms with Crippen LogP contribution < -0.4 is 0 Å². The molecule has 0 aromatic heterocycles. The molecular formula is C26H50O3Si2. The molecule has 1 fully saturated rings. The van der Waals surface area contributed by atoms with Crippen LogP contribution in [0.3, 0.4) is 0 Å². The van der Waals surface area contributed by atoms with Gasteiger partial charge in [0.2, 0.25) is 0 Å². The van der Waals surface area contributed by atoms with Gasteiger partial charge in [0.25, 0.3) is 0 Å². The van der Waals surface area contributed by atoms with Gasteiger partial charge in [0.05, 0.1) is 12.2 Å². The van der Waals surface area contributed by atoms with Crippen LogP contribution in [0, 0.1) is 5.92 Å². The van der Waals surface area contributed by atoms with Crippen molar-refractivity contribution < 1.29 is 13.6 Å². The zero-order valence-electron chi connectivity index (χ0n) is 21.6. The molecule has 0 aromatic rings. The Morgan fingerprint density at radius 1 is 0.935 bits per heavy atom. The number of hydrogen-bond acceptors (Lipinski definition) is 3. The van der Waals surface area contributed by atoms with E-state index in [-0.39, 0.29) is 23.9 Å². The minimum absolute atomic E-state index is 0.00208. The normalized spacial score (nSPS) is 21.4. The molecule has 3 nitrogen and oxygen atoms in total. The highest BCUT2D eigenvalue weighted by Crippen LogP contribution is 2.36. The van der Waals surface area contributed by atoms with E-state index in [9.17, 15) is 4.79 Å². The lowest BCUT2D eigenvalue weighted by atomic mass is 10.00. The van der Waals surface area contributed by atoms with Crippen molar-refractivity contribution in [3.8, 4) is 0 Å². The quantitative estimate of drug-likeness (QED) is 0.0998. The van der Waals surface area contributed by atoms with Gasteiger partial charge < -0.3 is 8.85 Å². The van der Waals surface area contributed by atoms with E-state index in [1.54, 1.807) is 0 Å². The maximum absolute atomic E-state index is 12.5. The molecule has 0 bridgehead atoms. The van der Waals surface area contributed by atoms with E-state index in [2.05, 4.69) is 67.2 Å². The molecular weight excluding hydrogens is 416 g/mol. The monoisotopic (exact) mass is 466 g/mol. The summed E-state index contributed by atoms with van der Waals surface area (Å²) >= 11 is 0. The maximum Gasteiger partial charge on any atom is 0.192 e. The Hall–Kier alpha value is -0.496. The third kappa shape index (κ3) is 7.80. The largest absolute Gasteiger partial charge is 0.413 e. The van der Waals surface area contributed by atoms with E-state index in [0.717, 1.165) is 48.3 Å². The molecule has 180 valence electrons. The van der Waals surface area contributed by atoms with Crippen LogP contribution in [0.15, 0.2) is 24.3 Å². The van der Waals surface area contributed by atoms with Gasteiger partial charge >= 0.3 is 0 Å². The van der Waals surface area contributed by atoms with Crippen LogP contribution >= 0.6 is 0 Å². The number of carbonyl (C=O) groups is 1. The number of unbranched alkanes of at least 4 members (excludes halogenated alkanes) is 2. The first-order valence-electron chi connectivity index (χ1n) is 13.1. The smallest absolute Gasteiger partial charge is 0.192 e. The van der Waals surface area contributed by atoms with Gasteiger partial charge in [-0.1, -0.05) is 86.5 Å². The molecule has 0 spiro atoms. The number of ketones is 1. The summed E-state index contributed by atoms with van der Waals surface area (Å²) in [7, 11) is -3.46. The van der Waals surface area contributed by atoms with E-state index in [1.807, 2.05) is 0 Å². The fourth-order valence-corrected chi connectivity index (χ4v) is 10.6. The first kappa shape index (κ1) is 28.5. The SMILES string of the molecule is C=C1C(=O)C[C@@H](O[Si](CC)(CC)CC)[C@@H]1C=C[C@H](CCCCC)O[Si](CC)(CC)CC. The van der Waals surface area contributed by atoms with Crippen LogP contribution in [0.25, 0.3) is 0 Å². The predicted octanol–water partition coefficient (Wildman–Crippen LogP) is 8.05. The second-order valence-corrected chi connectivity index (χ2v) is 18.8. The van der Waals surface area contributed by atoms with Gasteiger partial charge in [-0.2, -0.15) is 0 Å². The fourth-order valence-electron chi connectivity index (χ4n) is 4.88. The van der Waals surface area contributed by atoms with Crippen LogP contribution in [0.1, 0.15) is 80.6 Å². The van der Waals surface area contributed by atoms with Crippen LogP contribution in [0.4, 0.5) is 0 Å². The van der Waals surface area contributed by atoms with Gasteiger partial charge in [-0.3, -0.25) is 4.79 Å². The summed E-state index contributed by atoms with van der Waals surface area (Å²) in [5.74, 6) is 0.177. The summed E-state index contributed by atoms with van der Waals surface area (Å²) in [4.78, 5) is 12.5. The number of hydrogen-bond donors (Lipinski definition) is 0. The third-order valence-corrected chi connectivity index (χ3v) is 17.2. The lowest BCUT2D eigenvalue weighted by molar-refractivity contribution is -0.115. The van der Waals surface area contributed by atoms with Crippen molar-refractivity contribution in [3.05, 3.63) is 24.3 Å². The Labute approximate surface area is 195 Å². The highest BCUT2D eigenvalue weighted by Gasteiger charge is 2.41. The highest BCUT2D eigenvalue weighted by atomic mass is 28.4. The zero-order chi connectivity index (χ0) is 23.5. The van der Waals surface area contributed by atoms with Crippen molar-refractivity contribution in [1.29, 1.82) is 0 Å². The Bertz CT molecular complexity index is 563. The average Bonchev–Trinajstić information content (AvgIpc) is 3.06. The van der Waals surface area contributed by atoms with Crippen LogP contribution in [-0.2, 0) is 13.6 Å². The van der Waals surface area contributed by atoms with Crippen LogP contribution in [0.2, 0.25) is 36.3 Å². The first-order valence-corrected chi connectivity index (χ1v) is 18.1. The number of carbonyl (C=O) groups excluding carboxylic acids is 1. The third-order valence-electron chi connectivity index (χ3n) is 7.84. The molecule has 0 unspecified atom stereocenters. The summed E-state index contributed by atoms with van der Waals surface area (Å²) in [5.41, 5.74) is 0.727. The summed E-state index contributed by atoms with van der Waals surface area (Å²) in [6, 6.07) is 6.80. The molecule has 0 saturated heterocycles. The summed E-state index contributed by atoms with van der Waals surface area (Å²) < 4.78 is 13.6. The molecule has 5 heteroatoms. The molecule has 0 aliphatic heterocycles. The second kappa shape index (κ2) is 13.9. The second-order valence-electron chi connectivity index (χ2n) is 9.36. The zero-order valence-corrected chi connectivity index (χ0v) is 23.6. The molecule has 1 aliphatic rings. The molecule has 1 aliphatic carbocycles. The van der Waals surface area contributed by atoms with Crippen LogP contribution in [-0.4, -0.2) is 34.6 Å². The van der Waals surface area contributed by atoms with Crippen molar-refractivity contribution in [3.63, 3.8) is 0 Å². The van der Waals surface area contributed by atoms with E-state index in [4.69, 9.17) is 8.85 Å². The average molecular weight is 467 g/mol. The summed E-state index contributed by atoms with van der Waals surface area (Å²) in [6.07, 6.45) is 9.79. The molecule has 0 heterocycles. The van der Waals surface area contributed by atoms with Gasteiger partial charge in [-0.25, -0.2) is 0 Å². The van der Waals surface area contributed by atoms with Crippen molar-refractivity contribution >= 4 is 22.4 Å². The lowest BCUT2D eigenvalue weighted by Gasteiger charge is -2.34. The van der Waals surface area contributed by atoms with E-state index < -0.39 is 16.6 Å². The van der Waals surface area contributed by atoms with Gasteiger partial charge in [-0.15, -0.1) is 0 Å². The molecule has 0 aromatic carbocycles. The van der Waals surface area contributed by atoms with Gasteiger partial charge in [-0.05, 0) is 48.3 Å². The maximum atomic E-state index is 12.5. The number of rotatable bonds is 16. The Morgan fingerprint density at radius 2 is 1.48 bits per heavy atom. The minimum atomic E-state index is -1.77. The molecule has 1 saturated carbocycles. The minimum Gasteiger partial charge on any atom is -0.413 e. The Morgan fingerprint density at radius 3 is 1.97 bits per heavy atom. The molecule has 0 amide bonds. The topological polar surface area (TPSA) is 35.5 Å². The molecule has 1 rings (SSSR count). The van der Waals surface area contributed by atoms with E-state index in [1.165, 1.54) is 19.3 Å². The van der Waals surface area contributed by atoms with Gasteiger partial charge in [0, 0.05) is 12.3 Å². The van der Waals surface area contributed by atoms with Gasteiger partial charge in [0.15, 0.2) is 22.4 Å². The first-order chi connectivity index (χ1) is 14.8. The Balaban J connectivity index is 3.07. The van der Waals surface area contributed by atoms with Gasteiger partial charge in [0.1, 0.15) is 0 Å². The molecule has 3 atom stereocenters. The summed E-state index contributed by atoms with van der Waals surface area (Å²) in [5, 5.41) is 0. The molecule has 31 heavy (non-hydrogen) atoms. The molecule has 0 N–H and O–H groups in total. The fraction of sp³-hybridized carbons (Fsp3) is 0.808. The van der Waals surface area contributed by atoms with Crippen LogP contribution in [0.5, 0.6) is 0 Å². The van der Waals surface area contributed by atoms with Crippen molar-refractivity contribution in [2.24, 2.45) is 5.92 Å². The molecule has 0 radical (unpaired) electrons. The summed E-state index contributed by atoms with van der Waals surface area (Å²) in [6.45, 7) is 20.0. The van der Waals surface area contributed by atoms with Crippen molar-refractivity contribution in [2.45, 2.75) is 129 Å². The van der Waals surface area contributed by atoms with E-state index in [0.29, 0.717) is 6.42 Å². The number of Topliss-reactive ketones (excluding diaryl/α,β-unsaturated/α-hetero) is 1.